The van der Waals surface area contributed by atoms with Crippen LogP contribution >= 0.6 is 0 Å². The van der Waals surface area contributed by atoms with Crippen molar-refractivity contribution in [3.63, 3.8) is 0 Å². The maximum Gasteiger partial charge on any atom is 0.143 e. The molecule has 19 heavy (non-hydrogen) atoms. The Hall–Kier alpha value is -2.10. The highest BCUT2D eigenvalue weighted by Crippen LogP contribution is 2.34. The molecule has 0 spiro atoms. The van der Waals surface area contributed by atoms with Crippen LogP contribution < -0.4 is 9.64 Å². The molecule has 1 atom stereocenters. The third-order valence-corrected chi connectivity index (χ3v) is 3.37. The van der Waals surface area contributed by atoms with Crippen molar-refractivity contribution in [2.45, 2.75) is 26.0 Å². The molecule has 0 N–H and O–H groups in total. The molecule has 98 valence electrons. The Kier molecular flexibility index (Phi) is 3.31. The second-order valence-corrected chi connectivity index (χ2v) is 4.74. The number of para-hydroxylation sites is 2. The van der Waals surface area contributed by atoms with E-state index in [-0.39, 0.29) is 6.10 Å². The fraction of sp³-hybridized carbons (Fsp3) is 0.333. The highest BCUT2D eigenvalue weighted by molar-refractivity contribution is 5.60. The van der Waals surface area contributed by atoms with Gasteiger partial charge in [-0.25, -0.2) is 9.97 Å². The Morgan fingerprint density at radius 3 is 2.84 bits per heavy atom. The number of ether oxygens (including phenoxy) is 1. The summed E-state index contributed by atoms with van der Waals surface area (Å²) in [5.41, 5.74) is 2.27. The summed E-state index contributed by atoms with van der Waals surface area (Å²) in [4.78, 5) is 10.5. The van der Waals surface area contributed by atoms with Gasteiger partial charge < -0.3 is 9.64 Å². The summed E-state index contributed by atoms with van der Waals surface area (Å²) in [5, 5.41) is 0. The lowest BCUT2D eigenvalue weighted by Crippen LogP contribution is -2.39. The molecule has 3 rings (SSSR count). The Labute approximate surface area is 113 Å². The van der Waals surface area contributed by atoms with Gasteiger partial charge in [0.25, 0.3) is 0 Å². The highest BCUT2D eigenvalue weighted by Gasteiger charge is 2.24. The van der Waals surface area contributed by atoms with Gasteiger partial charge in [-0.3, -0.25) is 0 Å². The second kappa shape index (κ2) is 5.26. The number of hydrogen-bond acceptors (Lipinski definition) is 4. The number of fused-ring (bicyclic) bond motifs is 1. The fourth-order valence-corrected chi connectivity index (χ4v) is 2.37. The van der Waals surface area contributed by atoms with E-state index in [0.29, 0.717) is 0 Å². The Bertz CT molecular complexity index is 544. The zero-order chi connectivity index (χ0) is 13.1. The molecule has 0 saturated heterocycles. The summed E-state index contributed by atoms with van der Waals surface area (Å²) in [6, 6.07) is 8.19. The third kappa shape index (κ3) is 2.52. The zero-order valence-corrected chi connectivity index (χ0v) is 11.0. The highest BCUT2D eigenvalue weighted by atomic mass is 16.5. The number of benzene rings is 1. The largest absolute Gasteiger partial charge is 0.486 e. The Morgan fingerprint density at radius 1 is 1.26 bits per heavy atom. The van der Waals surface area contributed by atoms with E-state index < -0.39 is 0 Å². The van der Waals surface area contributed by atoms with Crippen LogP contribution in [-0.4, -0.2) is 22.6 Å². The molecule has 0 unspecified atom stereocenters. The van der Waals surface area contributed by atoms with Crippen LogP contribution in [0.15, 0.2) is 43.0 Å². The molecule has 0 aliphatic carbocycles. The quantitative estimate of drug-likeness (QED) is 0.845. The zero-order valence-electron chi connectivity index (χ0n) is 11.0. The van der Waals surface area contributed by atoms with Crippen molar-refractivity contribution in [1.82, 2.24) is 9.97 Å². The summed E-state index contributed by atoms with van der Waals surface area (Å²) >= 11 is 0. The lowest BCUT2D eigenvalue weighted by molar-refractivity contribution is 0.188. The van der Waals surface area contributed by atoms with Crippen molar-refractivity contribution in [2.75, 3.05) is 11.4 Å². The number of nitrogens with zero attached hydrogens (tertiary/aromatic N) is 3. The SMILES string of the molecule is CC[C@H]1CN(Cc2cncnc2)c2ccccc2O1. The predicted molar refractivity (Wildman–Crippen MR) is 74.2 cm³/mol. The normalized spacial score (nSPS) is 17.7. The van der Waals surface area contributed by atoms with E-state index in [4.69, 9.17) is 4.74 Å². The van der Waals surface area contributed by atoms with E-state index in [9.17, 15) is 0 Å². The van der Waals surface area contributed by atoms with Crippen molar-refractivity contribution in [3.05, 3.63) is 48.5 Å². The standard InChI is InChI=1S/C15H17N3O/c1-2-13-10-18(9-12-7-16-11-17-8-12)14-5-3-4-6-15(14)19-13/h3-8,11,13H,2,9-10H2,1H3/t13-/m0/s1. The lowest BCUT2D eigenvalue weighted by atomic mass is 10.1. The van der Waals surface area contributed by atoms with E-state index in [2.05, 4.69) is 27.9 Å². The number of hydrogen-bond donors (Lipinski definition) is 0. The molecule has 2 heterocycles. The van der Waals surface area contributed by atoms with Crippen molar-refractivity contribution in [3.8, 4) is 5.75 Å². The van der Waals surface area contributed by atoms with Crippen molar-refractivity contribution in [1.29, 1.82) is 0 Å². The van der Waals surface area contributed by atoms with Gasteiger partial charge in [0.15, 0.2) is 0 Å². The molecule has 1 aromatic heterocycles. The van der Waals surface area contributed by atoms with Gasteiger partial charge in [0.05, 0.1) is 12.2 Å². The first-order chi connectivity index (χ1) is 9.36. The molecule has 1 aliphatic rings. The third-order valence-electron chi connectivity index (χ3n) is 3.37. The molecule has 0 fully saturated rings. The molecule has 0 radical (unpaired) electrons. The summed E-state index contributed by atoms with van der Waals surface area (Å²) in [6.45, 7) is 3.88. The van der Waals surface area contributed by atoms with E-state index in [1.165, 1.54) is 0 Å². The summed E-state index contributed by atoms with van der Waals surface area (Å²) in [7, 11) is 0. The van der Waals surface area contributed by atoms with Gasteiger partial charge in [0.2, 0.25) is 0 Å². The monoisotopic (exact) mass is 255 g/mol. The van der Waals surface area contributed by atoms with E-state index in [0.717, 1.165) is 36.5 Å². The van der Waals surface area contributed by atoms with Crippen molar-refractivity contribution in [2.24, 2.45) is 0 Å². The summed E-state index contributed by atoms with van der Waals surface area (Å²) in [6.07, 6.45) is 6.55. The lowest BCUT2D eigenvalue weighted by Gasteiger charge is -2.36. The van der Waals surface area contributed by atoms with Crippen LogP contribution in [0, 0.1) is 0 Å². The van der Waals surface area contributed by atoms with Gasteiger partial charge >= 0.3 is 0 Å². The van der Waals surface area contributed by atoms with Gasteiger partial charge in [0, 0.05) is 24.5 Å². The average molecular weight is 255 g/mol. The molecule has 4 heteroatoms. The molecule has 0 amide bonds. The molecular weight excluding hydrogens is 238 g/mol. The first-order valence-electron chi connectivity index (χ1n) is 6.61. The van der Waals surface area contributed by atoms with Crippen LogP contribution in [0.1, 0.15) is 18.9 Å². The number of rotatable bonds is 3. The van der Waals surface area contributed by atoms with Crippen LogP contribution in [0.25, 0.3) is 0 Å². The number of aromatic nitrogens is 2. The fourth-order valence-electron chi connectivity index (χ4n) is 2.37. The predicted octanol–water partition coefficient (Wildman–Crippen LogP) is 2.65. The molecule has 1 aliphatic heterocycles. The summed E-state index contributed by atoms with van der Waals surface area (Å²) < 4.78 is 5.98. The first-order valence-corrected chi connectivity index (χ1v) is 6.61. The maximum atomic E-state index is 5.98. The Balaban J connectivity index is 1.88. The molecular formula is C15H17N3O. The molecule has 0 bridgehead atoms. The second-order valence-electron chi connectivity index (χ2n) is 4.74. The average Bonchev–Trinajstić information content (AvgIpc) is 2.48. The van der Waals surface area contributed by atoms with Crippen LogP contribution in [0.5, 0.6) is 5.75 Å². The van der Waals surface area contributed by atoms with Gasteiger partial charge in [-0.05, 0) is 18.6 Å². The van der Waals surface area contributed by atoms with Crippen molar-refractivity contribution < 1.29 is 4.74 Å². The van der Waals surface area contributed by atoms with Crippen LogP contribution in [0.2, 0.25) is 0 Å². The molecule has 4 nitrogen and oxygen atoms in total. The van der Waals surface area contributed by atoms with Crippen LogP contribution in [0.3, 0.4) is 0 Å². The minimum Gasteiger partial charge on any atom is -0.486 e. The van der Waals surface area contributed by atoms with Gasteiger partial charge in [-0.2, -0.15) is 0 Å². The van der Waals surface area contributed by atoms with E-state index in [1.54, 1.807) is 6.33 Å². The minimum absolute atomic E-state index is 0.250. The minimum atomic E-state index is 0.250. The Morgan fingerprint density at radius 2 is 2.05 bits per heavy atom. The van der Waals surface area contributed by atoms with E-state index in [1.807, 2.05) is 30.6 Å². The van der Waals surface area contributed by atoms with Gasteiger partial charge in [0.1, 0.15) is 18.2 Å². The van der Waals surface area contributed by atoms with Crippen molar-refractivity contribution >= 4 is 5.69 Å². The van der Waals surface area contributed by atoms with Crippen LogP contribution in [-0.2, 0) is 6.54 Å². The van der Waals surface area contributed by atoms with Gasteiger partial charge in [-0.1, -0.05) is 19.1 Å². The number of anilines is 1. The van der Waals surface area contributed by atoms with E-state index >= 15 is 0 Å². The van der Waals surface area contributed by atoms with Crippen LogP contribution in [0.4, 0.5) is 5.69 Å². The van der Waals surface area contributed by atoms with Gasteiger partial charge in [-0.15, -0.1) is 0 Å². The topological polar surface area (TPSA) is 38.2 Å². The maximum absolute atomic E-state index is 5.98. The smallest absolute Gasteiger partial charge is 0.143 e. The summed E-state index contributed by atoms with van der Waals surface area (Å²) in [5.74, 6) is 0.970. The molecule has 2 aromatic rings. The molecule has 0 saturated carbocycles. The first kappa shape index (κ1) is 12.0. The molecule has 1 aromatic carbocycles.